The van der Waals surface area contributed by atoms with E-state index < -0.39 is 37.0 Å². The molecule has 9 nitrogen and oxygen atoms in total. The second-order valence-corrected chi connectivity index (χ2v) is 10.1. The Morgan fingerprint density at radius 2 is 1.68 bits per heavy atom. The lowest BCUT2D eigenvalue weighted by Gasteiger charge is -2.33. The summed E-state index contributed by atoms with van der Waals surface area (Å²) in [5.41, 5.74) is 1.66. The van der Waals surface area contributed by atoms with Crippen molar-refractivity contribution in [2.45, 2.75) is 71.3 Å². The summed E-state index contributed by atoms with van der Waals surface area (Å²) < 4.78 is 12.2. The number of nitrogens with one attached hydrogen (secondary N) is 3. The molecule has 1 aromatic heterocycles. The first kappa shape index (κ1) is 28.8. The summed E-state index contributed by atoms with van der Waals surface area (Å²) in [6.45, 7) is 10.8. The molecule has 1 fully saturated rings. The van der Waals surface area contributed by atoms with Gasteiger partial charge in [-0.15, -0.1) is 0 Å². The minimum atomic E-state index is -1.19. The zero-order chi connectivity index (χ0) is 26.9. The van der Waals surface area contributed by atoms with Crippen molar-refractivity contribution in [2.75, 3.05) is 13.1 Å². The van der Waals surface area contributed by atoms with Gasteiger partial charge < -0.3 is 30.4 Å². The summed E-state index contributed by atoms with van der Waals surface area (Å²) in [5, 5.41) is 19.3. The van der Waals surface area contributed by atoms with E-state index in [1.807, 2.05) is 50.2 Å². The summed E-state index contributed by atoms with van der Waals surface area (Å²) in [6.07, 6.45) is -0.759. The maximum atomic E-state index is 13.4. The third kappa shape index (κ3) is 8.64. The highest BCUT2D eigenvalue weighted by molar-refractivity contribution is 6.47. The predicted molar refractivity (Wildman–Crippen MR) is 144 cm³/mol. The fourth-order valence-corrected chi connectivity index (χ4v) is 4.24. The number of amides is 2. The van der Waals surface area contributed by atoms with Crippen molar-refractivity contribution in [2.24, 2.45) is 5.92 Å². The van der Waals surface area contributed by atoms with Gasteiger partial charge in [0.05, 0.1) is 29.9 Å². The van der Waals surface area contributed by atoms with Gasteiger partial charge >= 0.3 is 7.12 Å². The largest absolute Gasteiger partial charge is 0.481 e. The SMILES string of the molecule is CC(C)CC(NC(=O)C(NC(=O)c1cccc(-c2ccccc2)n1)C(C)O)B1OC(C)CNCC(C)O1. The van der Waals surface area contributed by atoms with Crippen LogP contribution in [0.2, 0.25) is 0 Å². The van der Waals surface area contributed by atoms with E-state index in [9.17, 15) is 14.7 Å². The third-order valence-electron chi connectivity index (χ3n) is 6.08. The van der Waals surface area contributed by atoms with Gasteiger partial charge in [0.15, 0.2) is 0 Å². The maximum Gasteiger partial charge on any atom is 0.481 e. The van der Waals surface area contributed by atoms with Crippen LogP contribution in [0.15, 0.2) is 48.5 Å². The van der Waals surface area contributed by atoms with Gasteiger partial charge in [0.25, 0.3) is 5.91 Å². The van der Waals surface area contributed by atoms with Crippen LogP contribution in [0.3, 0.4) is 0 Å². The van der Waals surface area contributed by atoms with Crippen LogP contribution in [-0.2, 0) is 14.1 Å². The fraction of sp³-hybridized carbons (Fsp3) is 0.519. The predicted octanol–water partition coefficient (Wildman–Crippen LogP) is 2.20. The zero-order valence-electron chi connectivity index (χ0n) is 22.3. The molecule has 2 amide bonds. The lowest BCUT2D eigenvalue weighted by molar-refractivity contribution is -0.125. The molecule has 1 aliphatic rings. The lowest BCUT2D eigenvalue weighted by atomic mass is 9.72. The van der Waals surface area contributed by atoms with Crippen LogP contribution in [0, 0.1) is 5.92 Å². The van der Waals surface area contributed by atoms with Gasteiger partial charge in [-0.1, -0.05) is 50.2 Å². The van der Waals surface area contributed by atoms with Crippen molar-refractivity contribution < 1.29 is 24.0 Å². The van der Waals surface area contributed by atoms with E-state index in [1.54, 1.807) is 12.1 Å². The molecular weight excluding hydrogens is 471 g/mol. The van der Waals surface area contributed by atoms with E-state index >= 15 is 0 Å². The van der Waals surface area contributed by atoms with E-state index in [0.29, 0.717) is 25.2 Å². The molecule has 0 bridgehead atoms. The van der Waals surface area contributed by atoms with Crippen LogP contribution in [-0.4, -0.2) is 72.4 Å². The minimum absolute atomic E-state index is 0.112. The van der Waals surface area contributed by atoms with Gasteiger partial charge in [0.2, 0.25) is 5.91 Å². The van der Waals surface area contributed by atoms with Gasteiger partial charge in [0.1, 0.15) is 11.7 Å². The quantitative estimate of drug-likeness (QED) is 0.382. The van der Waals surface area contributed by atoms with E-state index in [-0.39, 0.29) is 23.8 Å². The van der Waals surface area contributed by atoms with Gasteiger partial charge in [0, 0.05) is 18.7 Å². The summed E-state index contributed by atoms with van der Waals surface area (Å²) in [7, 11) is -0.659. The molecule has 3 rings (SSSR count). The number of aliphatic hydroxyl groups is 1. The van der Waals surface area contributed by atoms with Crippen LogP contribution < -0.4 is 16.0 Å². The molecule has 10 heteroatoms. The summed E-state index contributed by atoms with van der Waals surface area (Å²) in [5.74, 6) is -1.28. The van der Waals surface area contributed by atoms with Crippen LogP contribution in [0.1, 0.15) is 51.5 Å². The maximum absolute atomic E-state index is 13.4. The van der Waals surface area contributed by atoms with Crippen molar-refractivity contribution in [1.29, 1.82) is 0 Å². The van der Waals surface area contributed by atoms with Crippen molar-refractivity contribution in [3.63, 3.8) is 0 Å². The summed E-state index contributed by atoms with van der Waals surface area (Å²) >= 11 is 0. The van der Waals surface area contributed by atoms with E-state index in [2.05, 4.69) is 34.8 Å². The summed E-state index contributed by atoms with van der Waals surface area (Å²) in [6, 6.07) is 13.4. The number of rotatable bonds is 9. The number of nitrogens with zero attached hydrogens (tertiary/aromatic N) is 1. The summed E-state index contributed by atoms with van der Waals surface area (Å²) in [4.78, 5) is 30.9. The first-order valence-corrected chi connectivity index (χ1v) is 13.0. The van der Waals surface area contributed by atoms with Crippen molar-refractivity contribution in [3.05, 3.63) is 54.2 Å². The molecule has 37 heavy (non-hydrogen) atoms. The van der Waals surface area contributed by atoms with E-state index in [0.717, 1.165) is 5.56 Å². The Morgan fingerprint density at radius 3 is 2.27 bits per heavy atom. The number of aliphatic hydroxyl groups excluding tert-OH is 1. The Labute approximate surface area is 219 Å². The fourth-order valence-electron chi connectivity index (χ4n) is 4.24. The molecule has 0 aliphatic carbocycles. The Kier molecular flexibility index (Phi) is 10.6. The molecule has 200 valence electrons. The minimum Gasteiger partial charge on any atom is -0.406 e. The van der Waals surface area contributed by atoms with E-state index in [1.165, 1.54) is 6.92 Å². The molecule has 2 aromatic rings. The standard InChI is InChI=1S/C27H39BN4O5/c1-17(2)14-24(28-36-18(3)15-29-16-19(4)37-28)31-27(35)25(20(5)33)32-26(34)23-13-9-12-22(30-23)21-10-7-6-8-11-21/h6-13,17-20,24-25,29,33H,14-16H2,1-5H3,(H,31,35)(H,32,34). The molecule has 2 heterocycles. The number of carbonyl (C=O) groups is 2. The van der Waals surface area contributed by atoms with Crippen LogP contribution in [0.4, 0.5) is 0 Å². The van der Waals surface area contributed by atoms with Crippen LogP contribution in [0.5, 0.6) is 0 Å². The molecule has 0 spiro atoms. The number of hydrogen-bond acceptors (Lipinski definition) is 7. The number of aromatic nitrogens is 1. The Balaban J connectivity index is 1.75. The van der Waals surface area contributed by atoms with Gasteiger partial charge in [-0.05, 0) is 45.2 Å². The number of pyridine rings is 1. The van der Waals surface area contributed by atoms with Crippen molar-refractivity contribution in [1.82, 2.24) is 20.9 Å². The molecule has 5 unspecified atom stereocenters. The molecule has 4 N–H and O–H groups in total. The lowest BCUT2D eigenvalue weighted by Crippen LogP contribution is -2.60. The van der Waals surface area contributed by atoms with Crippen molar-refractivity contribution in [3.8, 4) is 11.3 Å². The first-order valence-electron chi connectivity index (χ1n) is 13.0. The molecule has 0 saturated carbocycles. The second-order valence-electron chi connectivity index (χ2n) is 10.1. The van der Waals surface area contributed by atoms with Crippen molar-refractivity contribution >= 4 is 18.9 Å². The van der Waals surface area contributed by atoms with Gasteiger partial charge in [-0.25, -0.2) is 4.98 Å². The molecule has 1 saturated heterocycles. The highest BCUT2D eigenvalue weighted by atomic mass is 16.6. The monoisotopic (exact) mass is 510 g/mol. The normalized spacial score (nSPS) is 20.9. The first-order chi connectivity index (χ1) is 17.6. The highest BCUT2D eigenvalue weighted by Gasteiger charge is 2.38. The molecular formula is C27H39BN4O5. The van der Waals surface area contributed by atoms with Gasteiger partial charge in [-0.3, -0.25) is 9.59 Å². The van der Waals surface area contributed by atoms with Gasteiger partial charge in [-0.2, -0.15) is 0 Å². The number of hydrogen-bond donors (Lipinski definition) is 4. The Morgan fingerprint density at radius 1 is 1.03 bits per heavy atom. The van der Waals surface area contributed by atoms with Crippen LogP contribution in [0.25, 0.3) is 11.3 Å². The third-order valence-corrected chi connectivity index (χ3v) is 6.08. The zero-order valence-corrected chi connectivity index (χ0v) is 22.3. The second kappa shape index (κ2) is 13.7. The highest BCUT2D eigenvalue weighted by Crippen LogP contribution is 2.17. The average molecular weight is 510 g/mol. The van der Waals surface area contributed by atoms with Crippen LogP contribution >= 0.6 is 0 Å². The molecule has 1 aromatic carbocycles. The number of carbonyl (C=O) groups excluding carboxylic acids is 2. The number of benzene rings is 1. The Bertz CT molecular complexity index is 1010. The Hall–Kier alpha value is -2.79. The molecule has 0 radical (unpaired) electrons. The molecule has 5 atom stereocenters. The molecule has 1 aliphatic heterocycles. The van der Waals surface area contributed by atoms with E-state index in [4.69, 9.17) is 9.31 Å². The average Bonchev–Trinajstić information content (AvgIpc) is 2.85. The smallest absolute Gasteiger partial charge is 0.406 e. The topological polar surface area (TPSA) is 122 Å².